The molecule has 102 valence electrons. The second kappa shape index (κ2) is 4.78. The summed E-state index contributed by atoms with van der Waals surface area (Å²) in [6.07, 6.45) is 2.82. The summed E-state index contributed by atoms with van der Waals surface area (Å²) in [5.74, 6) is -0.858. The number of rotatable bonds is 4. The summed E-state index contributed by atoms with van der Waals surface area (Å²) in [6, 6.07) is 5.38. The summed E-state index contributed by atoms with van der Waals surface area (Å²) in [6.45, 7) is -0.252. The van der Waals surface area contributed by atoms with E-state index in [0.717, 1.165) is 15.9 Å². The number of hydrogen-bond acceptors (Lipinski definition) is 5. The SMILES string of the molecule is O=C1C=C(Nc2ccc3nc[nH]c3c2)C(=O)N1CCO. The number of carbonyl (C=O) groups excluding carboxylic acids is 2. The van der Waals surface area contributed by atoms with Gasteiger partial charge in [-0.3, -0.25) is 14.5 Å². The fraction of sp³-hybridized carbons (Fsp3) is 0.154. The van der Waals surface area contributed by atoms with Gasteiger partial charge in [-0.2, -0.15) is 0 Å². The van der Waals surface area contributed by atoms with Crippen molar-refractivity contribution >= 4 is 28.5 Å². The van der Waals surface area contributed by atoms with E-state index >= 15 is 0 Å². The number of aromatic amines is 1. The molecule has 0 saturated heterocycles. The van der Waals surface area contributed by atoms with E-state index in [0.29, 0.717) is 5.69 Å². The molecular formula is C13H12N4O3. The molecule has 20 heavy (non-hydrogen) atoms. The molecule has 1 aliphatic heterocycles. The highest BCUT2D eigenvalue weighted by atomic mass is 16.3. The number of aromatic nitrogens is 2. The highest BCUT2D eigenvalue weighted by Crippen LogP contribution is 2.20. The minimum atomic E-state index is -0.436. The van der Waals surface area contributed by atoms with Crippen LogP contribution >= 0.6 is 0 Å². The fourth-order valence-electron chi connectivity index (χ4n) is 2.08. The third-order valence-electron chi connectivity index (χ3n) is 3.03. The number of nitrogens with one attached hydrogen (secondary N) is 2. The van der Waals surface area contributed by atoms with Crippen molar-refractivity contribution in [3.8, 4) is 0 Å². The Bertz CT molecular complexity index is 719. The monoisotopic (exact) mass is 272 g/mol. The Morgan fingerprint density at radius 2 is 2.20 bits per heavy atom. The summed E-state index contributed by atoms with van der Waals surface area (Å²) in [4.78, 5) is 31.6. The van der Waals surface area contributed by atoms with Gasteiger partial charge in [0.05, 0.1) is 30.5 Å². The molecule has 0 atom stereocenters. The van der Waals surface area contributed by atoms with Crippen molar-refractivity contribution in [1.82, 2.24) is 14.9 Å². The van der Waals surface area contributed by atoms with Crippen molar-refractivity contribution in [2.75, 3.05) is 18.5 Å². The third kappa shape index (κ3) is 2.04. The van der Waals surface area contributed by atoms with Gasteiger partial charge in [-0.15, -0.1) is 0 Å². The molecule has 0 unspecified atom stereocenters. The van der Waals surface area contributed by atoms with E-state index < -0.39 is 11.8 Å². The first kappa shape index (κ1) is 12.4. The van der Waals surface area contributed by atoms with Gasteiger partial charge < -0.3 is 15.4 Å². The number of imide groups is 1. The summed E-state index contributed by atoms with van der Waals surface area (Å²) in [7, 11) is 0. The number of aliphatic hydroxyl groups excluding tert-OH is 1. The number of carbonyl (C=O) groups is 2. The van der Waals surface area contributed by atoms with Crippen LogP contribution in [0.5, 0.6) is 0 Å². The number of aliphatic hydroxyl groups is 1. The zero-order valence-corrected chi connectivity index (χ0v) is 10.5. The molecule has 1 aliphatic rings. The van der Waals surface area contributed by atoms with Gasteiger partial charge in [0.2, 0.25) is 0 Å². The van der Waals surface area contributed by atoms with Crippen molar-refractivity contribution < 1.29 is 14.7 Å². The average molecular weight is 272 g/mol. The molecule has 0 fully saturated rings. The molecule has 0 bridgehead atoms. The van der Waals surface area contributed by atoms with Crippen LogP contribution in [0.1, 0.15) is 0 Å². The van der Waals surface area contributed by atoms with Crippen molar-refractivity contribution in [1.29, 1.82) is 0 Å². The number of anilines is 1. The number of benzene rings is 1. The molecule has 1 aromatic heterocycles. The maximum Gasteiger partial charge on any atom is 0.277 e. The Morgan fingerprint density at radius 1 is 1.35 bits per heavy atom. The predicted molar refractivity (Wildman–Crippen MR) is 71.6 cm³/mol. The van der Waals surface area contributed by atoms with Gasteiger partial charge >= 0.3 is 0 Å². The zero-order chi connectivity index (χ0) is 14.1. The van der Waals surface area contributed by atoms with Crippen LogP contribution in [0, 0.1) is 0 Å². The van der Waals surface area contributed by atoms with Gasteiger partial charge in [0.15, 0.2) is 0 Å². The molecule has 0 aliphatic carbocycles. The zero-order valence-electron chi connectivity index (χ0n) is 10.5. The van der Waals surface area contributed by atoms with E-state index in [-0.39, 0.29) is 18.8 Å². The summed E-state index contributed by atoms with van der Waals surface area (Å²) in [5, 5.41) is 11.7. The van der Waals surface area contributed by atoms with Crippen LogP contribution in [-0.2, 0) is 9.59 Å². The number of H-pyrrole nitrogens is 1. The number of β-amino-alcohol motifs (C(OH)–C–C–N with tert-alkyl or cyclic N) is 1. The van der Waals surface area contributed by atoms with Crippen LogP contribution in [0.2, 0.25) is 0 Å². The van der Waals surface area contributed by atoms with Gasteiger partial charge in [-0.05, 0) is 18.2 Å². The van der Waals surface area contributed by atoms with Crippen LogP contribution in [0.25, 0.3) is 11.0 Å². The average Bonchev–Trinajstić information content (AvgIpc) is 2.99. The molecule has 0 radical (unpaired) electrons. The minimum Gasteiger partial charge on any atom is -0.395 e. The molecule has 2 heterocycles. The lowest BCUT2D eigenvalue weighted by molar-refractivity contribution is -0.137. The van der Waals surface area contributed by atoms with E-state index in [1.54, 1.807) is 18.5 Å². The predicted octanol–water partition coefficient (Wildman–Crippen LogP) is 0.220. The first-order chi connectivity index (χ1) is 9.69. The maximum absolute atomic E-state index is 12.0. The molecular weight excluding hydrogens is 260 g/mol. The van der Waals surface area contributed by atoms with Crippen molar-refractivity contribution in [3.05, 3.63) is 36.3 Å². The smallest absolute Gasteiger partial charge is 0.277 e. The van der Waals surface area contributed by atoms with Crippen molar-refractivity contribution in [3.63, 3.8) is 0 Å². The molecule has 0 saturated carbocycles. The van der Waals surface area contributed by atoms with Gasteiger partial charge in [-0.1, -0.05) is 0 Å². The second-order valence-electron chi connectivity index (χ2n) is 4.34. The van der Waals surface area contributed by atoms with E-state index in [1.807, 2.05) is 6.07 Å². The molecule has 0 spiro atoms. The number of fused-ring (bicyclic) bond motifs is 1. The highest BCUT2D eigenvalue weighted by Gasteiger charge is 2.30. The van der Waals surface area contributed by atoms with Gasteiger partial charge in [0, 0.05) is 11.8 Å². The quantitative estimate of drug-likeness (QED) is 0.692. The van der Waals surface area contributed by atoms with E-state index in [9.17, 15) is 9.59 Å². The topological polar surface area (TPSA) is 98.3 Å². The highest BCUT2D eigenvalue weighted by molar-refractivity contribution is 6.17. The Balaban J connectivity index is 1.82. The molecule has 3 N–H and O–H groups in total. The first-order valence-corrected chi connectivity index (χ1v) is 6.07. The maximum atomic E-state index is 12.0. The molecule has 7 nitrogen and oxygen atoms in total. The van der Waals surface area contributed by atoms with Crippen LogP contribution in [0.15, 0.2) is 36.3 Å². The lowest BCUT2D eigenvalue weighted by Gasteiger charge is -2.13. The van der Waals surface area contributed by atoms with E-state index in [4.69, 9.17) is 5.11 Å². The number of nitrogens with zero attached hydrogens (tertiary/aromatic N) is 2. The number of hydrogen-bond donors (Lipinski definition) is 3. The standard InChI is InChI=1S/C13H12N4O3/c18-4-3-17-12(19)6-11(13(17)20)16-8-1-2-9-10(5-8)15-7-14-9/h1-2,5-7,16,18H,3-4H2,(H,14,15). The number of imidazole rings is 1. The van der Waals surface area contributed by atoms with E-state index in [1.165, 1.54) is 6.08 Å². The third-order valence-corrected chi connectivity index (χ3v) is 3.03. The molecule has 3 rings (SSSR count). The van der Waals surface area contributed by atoms with Crippen LogP contribution < -0.4 is 5.32 Å². The lowest BCUT2D eigenvalue weighted by Crippen LogP contribution is -2.34. The first-order valence-electron chi connectivity index (χ1n) is 6.07. The second-order valence-corrected chi connectivity index (χ2v) is 4.34. The Labute approximate surface area is 113 Å². The summed E-state index contributed by atoms with van der Waals surface area (Å²) >= 11 is 0. The summed E-state index contributed by atoms with van der Waals surface area (Å²) in [5.41, 5.74) is 2.53. The van der Waals surface area contributed by atoms with Gasteiger partial charge in [-0.25, -0.2) is 4.98 Å². The lowest BCUT2D eigenvalue weighted by atomic mass is 10.2. The molecule has 2 amide bonds. The van der Waals surface area contributed by atoms with Crippen molar-refractivity contribution in [2.45, 2.75) is 0 Å². The Morgan fingerprint density at radius 3 is 3.00 bits per heavy atom. The van der Waals surface area contributed by atoms with Crippen molar-refractivity contribution in [2.24, 2.45) is 0 Å². The Kier molecular flexibility index (Phi) is 2.96. The van der Waals surface area contributed by atoms with Crippen LogP contribution in [-0.4, -0.2) is 44.9 Å². The number of amides is 2. The van der Waals surface area contributed by atoms with Gasteiger partial charge in [0.1, 0.15) is 5.70 Å². The van der Waals surface area contributed by atoms with E-state index in [2.05, 4.69) is 15.3 Å². The molecule has 1 aromatic carbocycles. The van der Waals surface area contributed by atoms with Crippen LogP contribution in [0.4, 0.5) is 5.69 Å². The minimum absolute atomic E-state index is 0.00106. The normalized spacial score (nSPS) is 15.1. The Hall–Kier alpha value is -2.67. The summed E-state index contributed by atoms with van der Waals surface area (Å²) < 4.78 is 0. The van der Waals surface area contributed by atoms with Gasteiger partial charge in [0.25, 0.3) is 11.8 Å². The fourth-order valence-corrected chi connectivity index (χ4v) is 2.08. The molecule has 7 heteroatoms. The largest absolute Gasteiger partial charge is 0.395 e. The van der Waals surface area contributed by atoms with Crippen LogP contribution in [0.3, 0.4) is 0 Å². The molecule has 2 aromatic rings.